The highest BCUT2D eigenvalue weighted by Gasteiger charge is 2.33. The van der Waals surface area contributed by atoms with E-state index in [4.69, 9.17) is 0 Å². The topological polar surface area (TPSA) is 23.6 Å². The molecule has 0 aliphatic carbocycles. The summed E-state index contributed by atoms with van der Waals surface area (Å²) in [7, 11) is 0. The molecule has 2 aliphatic heterocycles. The molecule has 2 heterocycles. The van der Waals surface area contributed by atoms with E-state index in [0.717, 1.165) is 38.5 Å². The van der Waals surface area contributed by atoms with Crippen LogP contribution in [0, 0.1) is 5.92 Å². The lowest BCUT2D eigenvalue weighted by molar-refractivity contribution is -0.139. The number of carbonyl (C=O) groups excluding carboxylic acids is 1. The molecule has 3 nitrogen and oxygen atoms in total. The standard InChI is InChI=1S/C20H30N2OS/c1-24-16-18-10-13-21(14-11-18)20(23)19-9-5-6-12-22(19)15-17-7-3-2-4-8-17/h2-4,7-8,18-19H,5-6,9-16H2,1H3/t19-/m0/s1. The van der Waals surface area contributed by atoms with E-state index in [1.807, 2.05) is 11.8 Å². The summed E-state index contributed by atoms with van der Waals surface area (Å²) in [4.78, 5) is 17.7. The fourth-order valence-electron chi connectivity index (χ4n) is 4.04. The summed E-state index contributed by atoms with van der Waals surface area (Å²) in [6, 6.07) is 10.7. The average molecular weight is 347 g/mol. The first-order valence-corrected chi connectivity index (χ1v) is 10.7. The molecule has 0 N–H and O–H groups in total. The number of hydrogen-bond acceptors (Lipinski definition) is 3. The Balaban J connectivity index is 1.59. The van der Waals surface area contributed by atoms with Crippen LogP contribution < -0.4 is 0 Å². The molecule has 1 aromatic rings. The number of thioether (sulfide) groups is 1. The Bertz CT molecular complexity index is 514. The second kappa shape index (κ2) is 8.91. The SMILES string of the molecule is CSCC1CCN(C(=O)[C@@H]2CCCCN2Cc2ccccc2)CC1. The van der Waals surface area contributed by atoms with Gasteiger partial charge in [0.05, 0.1) is 6.04 Å². The third-order valence-electron chi connectivity index (χ3n) is 5.46. The van der Waals surface area contributed by atoms with Crippen molar-refractivity contribution in [3.63, 3.8) is 0 Å². The number of amides is 1. The molecular formula is C20H30N2OS. The Morgan fingerprint density at radius 2 is 1.83 bits per heavy atom. The van der Waals surface area contributed by atoms with Gasteiger partial charge in [0.1, 0.15) is 0 Å². The maximum absolute atomic E-state index is 13.1. The predicted octanol–water partition coefficient (Wildman–Crippen LogP) is 3.64. The molecule has 2 saturated heterocycles. The van der Waals surface area contributed by atoms with Crippen molar-refractivity contribution in [3.05, 3.63) is 35.9 Å². The minimum Gasteiger partial charge on any atom is -0.341 e. The van der Waals surface area contributed by atoms with Crippen molar-refractivity contribution in [1.29, 1.82) is 0 Å². The van der Waals surface area contributed by atoms with Crippen LogP contribution in [0.1, 0.15) is 37.7 Å². The van der Waals surface area contributed by atoms with Crippen molar-refractivity contribution in [3.8, 4) is 0 Å². The van der Waals surface area contributed by atoms with E-state index in [0.29, 0.717) is 5.91 Å². The molecular weight excluding hydrogens is 316 g/mol. The van der Waals surface area contributed by atoms with Gasteiger partial charge in [-0.05, 0) is 55.7 Å². The molecule has 0 saturated carbocycles. The third-order valence-corrected chi connectivity index (χ3v) is 6.26. The minimum absolute atomic E-state index is 0.0936. The number of piperidine rings is 2. The Kier molecular flexibility index (Phi) is 6.61. The molecule has 2 aliphatic rings. The molecule has 1 atom stereocenters. The van der Waals surface area contributed by atoms with Crippen LogP contribution in [0.4, 0.5) is 0 Å². The summed E-state index contributed by atoms with van der Waals surface area (Å²) in [5.74, 6) is 2.43. The van der Waals surface area contributed by atoms with E-state index < -0.39 is 0 Å². The first-order chi connectivity index (χ1) is 11.8. The summed E-state index contributed by atoms with van der Waals surface area (Å²) < 4.78 is 0. The molecule has 0 bridgehead atoms. The van der Waals surface area contributed by atoms with E-state index in [9.17, 15) is 4.79 Å². The zero-order valence-corrected chi connectivity index (χ0v) is 15.6. The second-order valence-corrected chi connectivity index (χ2v) is 8.10. The highest BCUT2D eigenvalue weighted by atomic mass is 32.2. The van der Waals surface area contributed by atoms with E-state index >= 15 is 0 Å². The van der Waals surface area contributed by atoms with Crippen LogP contribution in [0.2, 0.25) is 0 Å². The fourth-order valence-corrected chi connectivity index (χ4v) is 4.85. The molecule has 0 aromatic heterocycles. The van der Waals surface area contributed by atoms with Crippen molar-refractivity contribution < 1.29 is 4.79 Å². The second-order valence-electron chi connectivity index (χ2n) is 7.19. The van der Waals surface area contributed by atoms with E-state index in [2.05, 4.69) is 46.4 Å². The monoisotopic (exact) mass is 346 g/mol. The summed E-state index contributed by atoms with van der Waals surface area (Å²) in [6.07, 6.45) is 7.96. The van der Waals surface area contributed by atoms with Gasteiger partial charge in [-0.1, -0.05) is 36.8 Å². The maximum Gasteiger partial charge on any atom is 0.239 e. The van der Waals surface area contributed by atoms with Gasteiger partial charge in [-0.25, -0.2) is 0 Å². The number of rotatable bonds is 5. The molecule has 24 heavy (non-hydrogen) atoms. The van der Waals surface area contributed by atoms with Crippen LogP contribution in [0.3, 0.4) is 0 Å². The number of nitrogens with zero attached hydrogens (tertiary/aromatic N) is 2. The number of hydrogen-bond donors (Lipinski definition) is 0. The van der Waals surface area contributed by atoms with Crippen LogP contribution in [-0.4, -0.2) is 53.4 Å². The number of likely N-dealkylation sites (tertiary alicyclic amines) is 2. The summed E-state index contributed by atoms with van der Waals surface area (Å²) in [6.45, 7) is 3.87. The first kappa shape index (κ1) is 17.8. The molecule has 0 spiro atoms. The lowest BCUT2D eigenvalue weighted by Crippen LogP contribution is -2.52. The zero-order valence-electron chi connectivity index (χ0n) is 14.8. The van der Waals surface area contributed by atoms with Crippen molar-refractivity contribution in [2.45, 2.75) is 44.7 Å². The molecule has 1 aromatic carbocycles. The molecule has 3 rings (SSSR count). The van der Waals surface area contributed by atoms with Crippen molar-refractivity contribution in [2.24, 2.45) is 5.92 Å². The van der Waals surface area contributed by atoms with Crippen LogP contribution in [0.25, 0.3) is 0 Å². The normalized spacial score (nSPS) is 23.4. The molecule has 0 radical (unpaired) electrons. The Labute approximate surface area is 150 Å². The lowest BCUT2D eigenvalue weighted by atomic mass is 9.96. The smallest absolute Gasteiger partial charge is 0.239 e. The fraction of sp³-hybridized carbons (Fsp3) is 0.650. The Morgan fingerprint density at radius 3 is 2.54 bits per heavy atom. The van der Waals surface area contributed by atoms with Gasteiger partial charge in [-0.2, -0.15) is 11.8 Å². The first-order valence-electron chi connectivity index (χ1n) is 9.33. The maximum atomic E-state index is 13.1. The van der Waals surface area contributed by atoms with Crippen molar-refractivity contribution >= 4 is 17.7 Å². The van der Waals surface area contributed by atoms with E-state index in [1.54, 1.807) is 0 Å². The molecule has 1 amide bonds. The third kappa shape index (κ3) is 4.54. The van der Waals surface area contributed by atoms with Crippen LogP contribution >= 0.6 is 11.8 Å². The van der Waals surface area contributed by atoms with Gasteiger partial charge in [0.15, 0.2) is 0 Å². The van der Waals surface area contributed by atoms with Gasteiger partial charge >= 0.3 is 0 Å². The van der Waals surface area contributed by atoms with Gasteiger partial charge in [-0.15, -0.1) is 0 Å². The highest BCUT2D eigenvalue weighted by Crippen LogP contribution is 2.25. The lowest BCUT2D eigenvalue weighted by Gasteiger charge is -2.40. The molecule has 132 valence electrons. The summed E-state index contributed by atoms with van der Waals surface area (Å²) in [5, 5.41) is 0. The number of carbonyl (C=O) groups is 1. The summed E-state index contributed by atoms with van der Waals surface area (Å²) in [5.41, 5.74) is 1.32. The van der Waals surface area contributed by atoms with Gasteiger partial charge in [0, 0.05) is 19.6 Å². The van der Waals surface area contributed by atoms with Gasteiger partial charge in [0.2, 0.25) is 5.91 Å². The quantitative estimate of drug-likeness (QED) is 0.813. The minimum atomic E-state index is 0.0936. The number of benzene rings is 1. The highest BCUT2D eigenvalue weighted by molar-refractivity contribution is 7.98. The zero-order chi connectivity index (χ0) is 16.8. The van der Waals surface area contributed by atoms with Gasteiger partial charge in [0.25, 0.3) is 0 Å². The molecule has 2 fully saturated rings. The molecule has 0 unspecified atom stereocenters. The largest absolute Gasteiger partial charge is 0.341 e. The van der Waals surface area contributed by atoms with E-state index in [1.165, 1.54) is 37.0 Å². The van der Waals surface area contributed by atoms with Crippen LogP contribution in [-0.2, 0) is 11.3 Å². The molecule has 4 heteroatoms. The Hall–Kier alpha value is -1.00. The van der Waals surface area contributed by atoms with Gasteiger partial charge < -0.3 is 4.90 Å². The predicted molar refractivity (Wildman–Crippen MR) is 102 cm³/mol. The average Bonchev–Trinajstić information content (AvgIpc) is 2.63. The van der Waals surface area contributed by atoms with Crippen molar-refractivity contribution in [2.75, 3.05) is 31.6 Å². The van der Waals surface area contributed by atoms with Gasteiger partial charge in [-0.3, -0.25) is 9.69 Å². The van der Waals surface area contributed by atoms with Crippen LogP contribution in [0.5, 0.6) is 0 Å². The van der Waals surface area contributed by atoms with E-state index in [-0.39, 0.29) is 6.04 Å². The van der Waals surface area contributed by atoms with Crippen molar-refractivity contribution in [1.82, 2.24) is 9.80 Å². The summed E-state index contributed by atoms with van der Waals surface area (Å²) >= 11 is 1.94. The Morgan fingerprint density at radius 1 is 1.08 bits per heavy atom. The van der Waals surface area contributed by atoms with Crippen LogP contribution in [0.15, 0.2) is 30.3 Å².